The minimum absolute atomic E-state index is 0.0401. The summed E-state index contributed by atoms with van der Waals surface area (Å²) in [7, 11) is -3.55. The van der Waals surface area contributed by atoms with Gasteiger partial charge in [0.1, 0.15) is 5.75 Å². The van der Waals surface area contributed by atoms with Gasteiger partial charge in [0, 0.05) is 12.8 Å². The van der Waals surface area contributed by atoms with Crippen molar-refractivity contribution in [2.45, 2.75) is 64.2 Å². The first-order valence-electron chi connectivity index (χ1n) is 10.8. The number of benzene rings is 2. The molecule has 1 aliphatic rings. The van der Waals surface area contributed by atoms with Crippen molar-refractivity contribution in [3.63, 3.8) is 0 Å². The summed E-state index contributed by atoms with van der Waals surface area (Å²) in [5.41, 5.74) is 1.62. The Morgan fingerprint density at radius 1 is 1.13 bits per heavy atom. The number of sulfone groups is 1. The Kier molecular flexibility index (Phi) is 6.71. The normalized spacial score (nSPS) is 25.2. The Hall–Kier alpha value is -2.14. The highest BCUT2D eigenvalue weighted by Crippen LogP contribution is 2.52. The number of unbranched alkanes of at least 4 members (excludes halogenated alkanes) is 1. The van der Waals surface area contributed by atoms with E-state index < -0.39 is 15.8 Å². The van der Waals surface area contributed by atoms with E-state index in [1.54, 1.807) is 12.1 Å². The minimum Gasteiger partial charge on any atom is -0.427 e. The fourth-order valence-corrected chi connectivity index (χ4v) is 7.41. The molecule has 0 bridgehead atoms. The summed E-state index contributed by atoms with van der Waals surface area (Å²) in [6.07, 6.45) is 3.73. The third-order valence-electron chi connectivity index (χ3n) is 6.75. The van der Waals surface area contributed by atoms with Gasteiger partial charge in [-0.1, -0.05) is 70.0 Å². The Labute approximate surface area is 180 Å². The fraction of sp³-hybridized carbons (Fsp3) is 0.480. The van der Waals surface area contributed by atoms with Crippen LogP contribution in [-0.4, -0.2) is 20.1 Å². The van der Waals surface area contributed by atoms with Crippen molar-refractivity contribution in [2.24, 2.45) is 11.3 Å². The summed E-state index contributed by atoms with van der Waals surface area (Å²) in [4.78, 5) is 11.7. The van der Waals surface area contributed by atoms with Crippen LogP contribution in [0.4, 0.5) is 0 Å². The van der Waals surface area contributed by atoms with Crippen molar-refractivity contribution in [1.29, 1.82) is 0 Å². The van der Waals surface area contributed by atoms with Gasteiger partial charge < -0.3 is 4.74 Å². The van der Waals surface area contributed by atoms with Gasteiger partial charge in [-0.05, 0) is 47.4 Å². The predicted molar refractivity (Wildman–Crippen MR) is 120 cm³/mol. The number of carbonyl (C=O) groups is 1. The van der Waals surface area contributed by atoms with E-state index in [0.717, 1.165) is 36.8 Å². The largest absolute Gasteiger partial charge is 0.427 e. The molecule has 0 saturated carbocycles. The average molecular weight is 429 g/mol. The zero-order valence-electron chi connectivity index (χ0n) is 18.4. The maximum absolute atomic E-state index is 13.7. The second kappa shape index (κ2) is 8.93. The van der Waals surface area contributed by atoms with Gasteiger partial charge in [0.15, 0.2) is 9.84 Å². The molecule has 0 amide bonds. The highest BCUT2D eigenvalue weighted by atomic mass is 32.2. The molecule has 1 aliphatic heterocycles. The summed E-state index contributed by atoms with van der Waals surface area (Å²) in [6, 6.07) is 15.3. The molecule has 3 atom stereocenters. The average Bonchev–Trinajstić information content (AvgIpc) is 2.78. The molecule has 3 rings (SSSR count). The smallest absolute Gasteiger partial charge is 0.308 e. The summed E-state index contributed by atoms with van der Waals surface area (Å²) in [6.45, 7) is 7.79. The SMILES string of the molecule is CCCC[C@@]1(CC)CS(=O)(=O)c2cc(OC(C)=O)ccc2[C@@H](c2ccccc2)[C@H]1C. The number of esters is 1. The lowest BCUT2D eigenvalue weighted by Crippen LogP contribution is -2.37. The third-order valence-corrected chi connectivity index (χ3v) is 8.73. The van der Waals surface area contributed by atoms with Crippen molar-refractivity contribution in [2.75, 3.05) is 5.75 Å². The van der Waals surface area contributed by atoms with Gasteiger partial charge in [0.2, 0.25) is 0 Å². The van der Waals surface area contributed by atoms with Crippen LogP contribution in [0.2, 0.25) is 0 Å². The van der Waals surface area contributed by atoms with Crippen LogP contribution >= 0.6 is 0 Å². The molecule has 2 aromatic carbocycles. The van der Waals surface area contributed by atoms with E-state index in [0.29, 0.717) is 4.90 Å². The number of rotatable bonds is 6. The molecule has 30 heavy (non-hydrogen) atoms. The molecule has 0 N–H and O–H groups in total. The van der Waals surface area contributed by atoms with Crippen molar-refractivity contribution in [3.05, 3.63) is 59.7 Å². The van der Waals surface area contributed by atoms with Gasteiger partial charge in [-0.15, -0.1) is 0 Å². The van der Waals surface area contributed by atoms with E-state index in [2.05, 4.69) is 32.9 Å². The first kappa shape index (κ1) is 22.5. The third kappa shape index (κ3) is 4.31. The molecule has 1 heterocycles. The summed E-state index contributed by atoms with van der Waals surface area (Å²) < 4.78 is 32.5. The molecular formula is C25H32O4S. The fourth-order valence-electron chi connectivity index (χ4n) is 5.04. The molecule has 0 radical (unpaired) electrons. The van der Waals surface area contributed by atoms with Crippen LogP contribution in [0.15, 0.2) is 53.4 Å². The van der Waals surface area contributed by atoms with Crippen LogP contribution in [0.3, 0.4) is 0 Å². The molecule has 2 aromatic rings. The van der Waals surface area contributed by atoms with E-state index in [4.69, 9.17) is 4.74 Å². The number of hydrogen-bond acceptors (Lipinski definition) is 4. The van der Waals surface area contributed by atoms with Crippen LogP contribution < -0.4 is 4.74 Å². The van der Waals surface area contributed by atoms with Crippen LogP contribution in [0.5, 0.6) is 5.75 Å². The van der Waals surface area contributed by atoms with Crippen molar-refractivity contribution < 1.29 is 17.9 Å². The Balaban J connectivity index is 2.26. The van der Waals surface area contributed by atoms with E-state index in [1.807, 2.05) is 24.3 Å². The molecular weight excluding hydrogens is 396 g/mol. The second-order valence-electron chi connectivity index (χ2n) is 8.55. The minimum atomic E-state index is -3.55. The van der Waals surface area contributed by atoms with Gasteiger partial charge in [-0.25, -0.2) is 8.42 Å². The van der Waals surface area contributed by atoms with E-state index >= 15 is 0 Å². The Morgan fingerprint density at radius 2 is 1.83 bits per heavy atom. The predicted octanol–water partition coefficient (Wildman–Crippen LogP) is 5.75. The number of fused-ring (bicyclic) bond motifs is 1. The maximum atomic E-state index is 13.7. The van der Waals surface area contributed by atoms with Gasteiger partial charge >= 0.3 is 5.97 Å². The van der Waals surface area contributed by atoms with Crippen molar-refractivity contribution in [1.82, 2.24) is 0 Å². The summed E-state index contributed by atoms with van der Waals surface area (Å²) >= 11 is 0. The zero-order valence-corrected chi connectivity index (χ0v) is 19.2. The lowest BCUT2D eigenvalue weighted by Gasteiger charge is -2.41. The first-order valence-corrected chi connectivity index (χ1v) is 12.5. The van der Waals surface area contributed by atoms with Crippen molar-refractivity contribution >= 4 is 15.8 Å². The molecule has 0 spiro atoms. The molecule has 0 saturated heterocycles. The monoisotopic (exact) mass is 428 g/mol. The molecule has 0 aliphatic carbocycles. The molecule has 162 valence electrons. The number of hydrogen-bond donors (Lipinski definition) is 0. The van der Waals surface area contributed by atoms with Crippen molar-refractivity contribution in [3.8, 4) is 5.75 Å². The van der Waals surface area contributed by atoms with E-state index in [-0.39, 0.29) is 28.8 Å². The summed E-state index contributed by atoms with van der Waals surface area (Å²) in [5.74, 6) is 0.0488. The van der Waals surface area contributed by atoms with Gasteiger partial charge in [-0.2, -0.15) is 0 Å². The quantitative estimate of drug-likeness (QED) is 0.434. The highest BCUT2D eigenvalue weighted by molar-refractivity contribution is 7.91. The maximum Gasteiger partial charge on any atom is 0.308 e. The molecule has 0 aromatic heterocycles. The molecule has 0 unspecified atom stereocenters. The van der Waals surface area contributed by atoms with Crippen LogP contribution in [-0.2, 0) is 14.6 Å². The van der Waals surface area contributed by atoms with Crippen LogP contribution in [0.25, 0.3) is 0 Å². The number of carbonyl (C=O) groups excluding carboxylic acids is 1. The first-order chi connectivity index (χ1) is 14.2. The van der Waals surface area contributed by atoms with E-state index in [9.17, 15) is 13.2 Å². The molecule has 5 heteroatoms. The topological polar surface area (TPSA) is 60.4 Å². The lowest BCUT2D eigenvalue weighted by atomic mass is 9.64. The van der Waals surface area contributed by atoms with E-state index in [1.165, 1.54) is 6.92 Å². The van der Waals surface area contributed by atoms with Crippen LogP contribution in [0.1, 0.15) is 70.4 Å². The molecule has 4 nitrogen and oxygen atoms in total. The molecule has 0 fully saturated rings. The van der Waals surface area contributed by atoms with Gasteiger partial charge in [0.05, 0.1) is 10.6 Å². The Bertz CT molecular complexity index is 997. The van der Waals surface area contributed by atoms with Gasteiger partial charge in [-0.3, -0.25) is 4.79 Å². The standard InChI is InChI=1S/C25H32O4S/c1-5-7-15-25(6-2)17-30(27,28)23-16-21(29-19(4)26)13-14-22(23)24(18(25)3)20-11-9-8-10-12-20/h8-14,16,18,24H,5-7,15,17H2,1-4H3/t18-,24-,25+/m1/s1. The summed E-state index contributed by atoms with van der Waals surface area (Å²) in [5, 5.41) is 0. The second-order valence-corrected chi connectivity index (χ2v) is 10.5. The zero-order chi connectivity index (χ0) is 21.9. The Morgan fingerprint density at radius 3 is 2.43 bits per heavy atom. The lowest BCUT2D eigenvalue weighted by molar-refractivity contribution is -0.131. The highest BCUT2D eigenvalue weighted by Gasteiger charge is 2.47. The van der Waals surface area contributed by atoms with Crippen LogP contribution in [0, 0.1) is 11.3 Å². The number of ether oxygens (including phenoxy) is 1. The van der Waals surface area contributed by atoms with Gasteiger partial charge in [0.25, 0.3) is 0 Å².